The van der Waals surface area contributed by atoms with E-state index in [-0.39, 0.29) is 13.0 Å². The molecule has 0 aliphatic heterocycles. The maximum Gasteiger partial charge on any atom is 0.405 e. The highest BCUT2D eigenvalue weighted by atomic mass is 16.6. The number of hydrogen-bond donors (Lipinski definition) is 3. The van der Waals surface area contributed by atoms with Gasteiger partial charge in [-0.3, -0.25) is 19.4 Å². The molecule has 1 aromatic heterocycles. The van der Waals surface area contributed by atoms with E-state index in [2.05, 4.69) is 15.6 Å². The number of rotatable bonds is 9. The van der Waals surface area contributed by atoms with Gasteiger partial charge in [0.2, 0.25) is 5.78 Å². The molecule has 0 bridgehead atoms. The molecule has 2 aromatic rings. The van der Waals surface area contributed by atoms with Crippen LogP contribution in [0.1, 0.15) is 30.5 Å². The van der Waals surface area contributed by atoms with Crippen LogP contribution < -0.4 is 16.4 Å². The molecular formula is C22H24N4O5. The molecule has 31 heavy (non-hydrogen) atoms. The Morgan fingerprint density at radius 1 is 1.06 bits per heavy atom. The molecule has 0 spiro atoms. The van der Waals surface area contributed by atoms with Crippen LogP contribution in [0.3, 0.4) is 0 Å². The summed E-state index contributed by atoms with van der Waals surface area (Å²) in [6.07, 6.45) is 1.92. The smallest absolute Gasteiger partial charge is 0.405 e. The molecule has 1 aliphatic rings. The van der Waals surface area contributed by atoms with Gasteiger partial charge in [0.05, 0.1) is 12.2 Å². The number of carbonyl (C=O) groups excluding carboxylic acids is 4. The second-order valence-electron chi connectivity index (χ2n) is 7.35. The number of amides is 3. The number of carbonyl (C=O) groups is 4. The Morgan fingerprint density at radius 2 is 1.77 bits per heavy atom. The van der Waals surface area contributed by atoms with E-state index in [9.17, 15) is 19.2 Å². The molecule has 1 heterocycles. The van der Waals surface area contributed by atoms with Gasteiger partial charge in [-0.1, -0.05) is 36.4 Å². The van der Waals surface area contributed by atoms with Gasteiger partial charge < -0.3 is 21.1 Å². The Kier molecular flexibility index (Phi) is 6.96. The van der Waals surface area contributed by atoms with Gasteiger partial charge in [0, 0.05) is 12.6 Å². The zero-order valence-corrected chi connectivity index (χ0v) is 16.9. The van der Waals surface area contributed by atoms with Crippen LogP contribution in [-0.4, -0.2) is 40.3 Å². The van der Waals surface area contributed by atoms with Gasteiger partial charge >= 0.3 is 6.09 Å². The first kappa shape index (κ1) is 21.9. The zero-order chi connectivity index (χ0) is 22.3. The lowest BCUT2D eigenvalue weighted by Gasteiger charge is -2.39. The van der Waals surface area contributed by atoms with Gasteiger partial charge in [0.15, 0.2) is 5.60 Å². The Hall–Kier alpha value is -3.75. The molecule has 1 aromatic carbocycles. The van der Waals surface area contributed by atoms with Gasteiger partial charge in [-0.2, -0.15) is 0 Å². The molecule has 162 valence electrons. The SMILES string of the molecule is NC(=O)OC1(C(=O)NC(Cc2ccccc2)C(=O)C(=O)NCc2ccccn2)CCC1. The maximum absolute atomic E-state index is 12.9. The summed E-state index contributed by atoms with van der Waals surface area (Å²) in [5, 5.41) is 5.12. The molecule has 0 radical (unpaired) electrons. The van der Waals surface area contributed by atoms with Crippen molar-refractivity contribution < 1.29 is 23.9 Å². The second kappa shape index (κ2) is 9.84. The second-order valence-corrected chi connectivity index (χ2v) is 7.35. The largest absolute Gasteiger partial charge is 0.433 e. The molecule has 0 saturated heterocycles. The molecule has 9 heteroatoms. The van der Waals surface area contributed by atoms with Gasteiger partial charge in [0.25, 0.3) is 11.8 Å². The molecule has 1 aliphatic carbocycles. The fourth-order valence-corrected chi connectivity index (χ4v) is 3.33. The van der Waals surface area contributed by atoms with Gasteiger partial charge in [-0.05, 0) is 37.0 Å². The van der Waals surface area contributed by atoms with Crippen LogP contribution in [0.4, 0.5) is 4.79 Å². The van der Waals surface area contributed by atoms with Crippen molar-refractivity contribution in [2.45, 2.75) is 43.9 Å². The fourth-order valence-electron chi connectivity index (χ4n) is 3.33. The number of ether oxygens (including phenoxy) is 1. The van der Waals surface area contributed by atoms with Crippen molar-refractivity contribution in [3.05, 3.63) is 66.0 Å². The third-order valence-corrected chi connectivity index (χ3v) is 5.16. The first-order chi connectivity index (χ1) is 14.9. The standard InChI is InChI=1S/C22H24N4O5/c23-21(30)31-22(10-6-11-22)20(29)26-17(13-15-7-2-1-3-8-15)18(27)19(28)25-14-16-9-4-5-12-24-16/h1-5,7-9,12,17H,6,10-11,13-14H2,(H2,23,30)(H,25,28)(H,26,29). The first-order valence-corrected chi connectivity index (χ1v) is 9.95. The third-order valence-electron chi connectivity index (χ3n) is 5.16. The van der Waals surface area contributed by atoms with Crippen molar-refractivity contribution in [1.82, 2.24) is 15.6 Å². The number of nitrogens with two attached hydrogens (primary N) is 1. The molecule has 1 unspecified atom stereocenters. The molecule has 1 fully saturated rings. The van der Waals surface area contributed by atoms with E-state index in [1.54, 1.807) is 48.7 Å². The lowest BCUT2D eigenvalue weighted by atomic mass is 9.79. The van der Waals surface area contributed by atoms with Crippen LogP contribution in [-0.2, 0) is 32.1 Å². The summed E-state index contributed by atoms with van der Waals surface area (Å²) in [5.74, 6) is -2.28. The number of benzene rings is 1. The minimum atomic E-state index is -1.40. The average molecular weight is 424 g/mol. The third kappa shape index (κ3) is 5.65. The monoisotopic (exact) mass is 424 g/mol. The highest BCUT2D eigenvalue weighted by molar-refractivity contribution is 6.38. The van der Waals surface area contributed by atoms with Crippen molar-refractivity contribution in [3.63, 3.8) is 0 Å². The molecule has 3 rings (SSSR count). The van der Waals surface area contributed by atoms with E-state index in [1.807, 2.05) is 6.07 Å². The molecular weight excluding hydrogens is 400 g/mol. The Balaban J connectivity index is 1.72. The Bertz CT molecular complexity index is 945. The first-order valence-electron chi connectivity index (χ1n) is 9.95. The van der Waals surface area contributed by atoms with Gasteiger partial charge in [-0.15, -0.1) is 0 Å². The number of nitrogens with zero attached hydrogens (tertiary/aromatic N) is 1. The number of Topliss-reactive ketones (excluding diaryl/α,β-unsaturated/α-hetero) is 1. The van der Waals surface area contributed by atoms with Crippen molar-refractivity contribution in [1.29, 1.82) is 0 Å². The zero-order valence-electron chi connectivity index (χ0n) is 16.9. The van der Waals surface area contributed by atoms with Crippen molar-refractivity contribution >= 4 is 23.7 Å². The van der Waals surface area contributed by atoms with E-state index >= 15 is 0 Å². The fraction of sp³-hybridized carbons (Fsp3) is 0.318. The van der Waals surface area contributed by atoms with Crippen LogP contribution >= 0.6 is 0 Å². The predicted octanol–water partition coefficient (Wildman–Crippen LogP) is 1.01. The summed E-state index contributed by atoms with van der Waals surface area (Å²) in [7, 11) is 0. The summed E-state index contributed by atoms with van der Waals surface area (Å²) >= 11 is 0. The minimum Gasteiger partial charge on any atom is -0.433 e. The maximum atomic E-state index is 12.9. The van der Waals surface area contributed by atoms with Crippen LogP contribution in [0.5, 0.6) is 0 Å². The summed E-state index contributed by atoms with van der Waals surface area (Å²) in [5.41, 5.74) is 5.06. The van der Waals surface area contributed by atoms with Crippen molar-refractivity contribution in [2.24, 2.45) is 5.73 Å². The summed E-state index contributed by atoms with van der Waals surface area (Å²) in [4.78, 5) is 53.6. The number of hydrogen-bond acceptors (Lipinski definition) is 6. The number of primary amides is 1. The molecule has 4 N–H and O–H groups in total. The molecule has 9 nitrogen and oxygen atoms in total. The normalized spacial score (nSPS) is 15.1. The van der Waals surface area contributed by atoms with Crippen LogP contribution in [0.25, 0.3) is 0 Å². The summed E-state index contributed by atoms with van der Waals surface area (Å²) in [6.45, 7) is 0.0755. The van der Waals surface area contributed by atoms with E-state index in [1.165, 1.54) is 0 Å². The Labute approximate surface area is 179 Å². The average Bonchev–Trinajstić information content (AvgIpc) is 2.74. The van der Waals surface area contributed by atoms with Crippen LogP contribution in [0.15, 0.2) is 54.7 Å². The minimum absolute atomic E-state index is 0.0755. The van der Waals surface area contributed by atoms with E-state index in [4.69, 9.17) is 10.5 Å². The van der Waals surface area contributed by atoms with E-state index in [0.717, 1.165) is 5.56 Å². The topological polar surface area (TPSA) is 140 Å². The van der Waals surface area contributed by atoms with Gasteiger partial charge in [-0.25, -0.2) is 4.79 Å². The highest BCUT2D eigenvalue weighted by Crippen LogP contribution is 2.36. The van der Waals surface area contributed by atoms with Crippen molar-refractivity contribution in [3.8, 4) is 0 Å². The summed E-state index contributed by atoms with van der Waals surface area (Å²) < 4.78 is 5.04. The van der Waals surface area contributed by atoms with Crippen molar-refractivity contribution in [2.75, 3.05) is 0 Å². The number of ketones is 1. The van der Waals surface area contributed by atoms with Crippen LogP contribution in [0, 0.1) is 0 Å². The highest BCUT2D eigenvalue weighted by Gasteiger charge is 2.49. The lowest BCUT2D eigenvalue weighted by Crippen LogP contribution is -2.59. The van der Waals surface area contributed by atoms with Gasteiger partial charge in [0.1, 0.15) is 6.04 Å². The molecule has 1 saturated carbocycles. The van der Waals surface area contributed by atoms with E-state index in [0.29, 0.717) is 25.0 Å². The molecule has 3 amide bonds. The van der Waals surface area contributed by atoms with E-state index < -0.39 is 35.3 Å². The molecule has 1 atom stereocenters. The Morgan fingerprint density at radius 3 is 2.35 bits per heavy atom. The van der Waals surface area contributed by atoms with Crippen LogP contribution in [0.2, 0.25) is 0 Å². The number of nitrogens with one attached hydrogen (secondary N) is 2. The lowest BCUT2D eigenvalue weighted by molar-refractivity contribution is -0.151. The summed E-state index contributed by atoms with van der Waals surface area (Å²) in [6, 6.07) is 13.1. The predicted molar refractivity (Wildman–Crippen MR) is 110 cm³/mol. The number of pyridine rings is 1. The number of aromatic nitrogens is 1. The quantitative estimate of drug-likeness (QED) is 0.513.